The average molecular weight is 514 g/mol. The number of fused-ring (bicyclic) bond motifs is 1. The molecule has 7 nitrogen and oxygen atoms in total. The van der Waals surface area contributed by atoms with Gasteiger partial charge < -0.3 is 19.9 Å². The zero-order chi connectivity index (χ0) is 25.1. The number of nitrogens with one attached hydrogen (secondary N) is 1. The van der Waals surface area contributed by atoms with Crippen LogP contribution in [0, 0.1) is 17.3 Å². The summed E-state index contributed by atoms with van der Waals surface area (Å²) in [7, 11) is 0. The first-order valence-corrected chi connectivity index (χ1v) is 13.7. The van der Waals surface area contributed by atoms with E-state index in [9.17, 15) is 9.90 Å². The van der Waals surface area contributed by atoms with E-state index in [4.69, 9.17) is 21.1 Å². The minimum Gasteiger partial charge on any atom is -0.389 e. The van der Waals surface area contributed by atoms with Crippen molar-refractivity contribution in [1.82, 2.24) is 9.88 Å². The van der Waals surface area contributed by atoms with Crippen LogP contribution in [0.4, 0.5) is 5.82 Å². The summed E-state index contributed by atoms with van der Waals surface area (Å²) in [6, 6.07) is 6.14. The molecule has 194 valence electrons. The van der Waals surface area contributed by atoms with Crippen molar-refractivity contribution in [3.8, 4) is 0 Å². The van der Waals surface area contributed by atoms with Gasteiger partial charge in [-0.1, -0.05) is 18.5 Å². The molecule has 1 spiro atoms. The molecule has 2 aromatic rings. The summed E-state index contributed by atoms with van der Waals surface area (Å²) < 4.78 is 11.1. The van der Waals surface area contributed by atoms with Crippen LogP contribution in [-0.4, -0.2) is 72.1 Å². The van der Waals surface area contributed by atoms with Gasteiger partial charge in [-0.25, -0.2) is 4.98 Å². The number of hydrogen-bond donors (Lipinski definition) is 2. The van der Waals surface area contributed by atoms with E-state index in [2.05, 4.69) is 35.1 Å². The highest BCUT2D eigenvalue weighted by molar-refractivity contribution is 6.32. The largest absolute Gasteiger partial charge is 0.389 e. The molecule has 4 aliphatic rings. The number of aliphatic hydroxyl groups is 1. The third-order valence-corrected chi connectivity index (χ3v) is 10.1. The fraction of sp³-hybridized carbons (Fsp3) is 0.643. The predicted molar refractivity (Wildman–Crippen MR) is 139 cm³/mol. The quantitative estimate of drug-likeness (QED) is 0.637. The van der Waals surface area contributed by atoms with Crippen molar-refractivity contribution in [1.29, 1.82) is 0 Å². The highest BCUT2D eigenvalue weighted by atomic mass is 35.5. The van der Waals surface area contributed by atoms with E-state index in [1.54, 1.807) is 6.20 Å². The second kappa shape index (κ2) is 9.21. The molecule has 4 fully saturated rings. The molecule has 1 aromatic carbocycles. The Labute approximate surface area is 217 Å². The molecule has 1 amide bonds. The number of likely N-dealkylation sites (tertiary alicyclic amines) is 1. The summed E-state index contributed by atoms with van der Waals surface area (Å²) in [5.74, 6) is 1.45. The maximum Gasteiger partial charge on any atom is 0.229 e. The fourth-order valence-corrected chi connectivity index (χ4v) is 7.46. The molecule has 0 bridgehead atoms. The second-order valence-corrected chi connectivity index (χ2v) is 11.9. The smallest absolute Gasteiger partial charge is 0.229 e. The van der Waals surface area contributed by atoms with Crippen LogP contribution in [-0.2, 0) is 14.3 Å². The first-order chi connectivity index (χ1) is 17.3. The maximum atomic E-state index is 13.1. The Kier molecular flexibility index (Phi) is 6.28. The van der Waals surface area contributed by atoms with Crippen molar-refractivity contribution in [2.45, 2.75) is 57.1 Å². The first kappa shape index (κ1) is 24.6. The minimum atomic E-state index is -0.445. The molecule has 6 rings (SSSR count). The van der Waals surface area contributed by atoms with Crippen molar-refractivity contribution in [3.05, 3.63) is 35.0 Å². The van der Waals surface area contributed by atoms with Crippen molar-refractivity contribution in [2.24, 2.45) is 17.3 Å². The highest BCUT2D eigenvalue weighted by Crippen LogP contribution is 2.64. The molecule has 0 unspecified atom stereocenters. The zero-order valence-corrected chi connectivity index (χ0v) is 21.9. The van der Waals surface area contributed by atoms with E-state index in [0.717, 1.165) is 73.3 Å². The Morgan fingerprint density at radius 3 is 2.61 bits per heavy atom. The minimum absolute atomic E-state index is 0.0375. The first-order valence-electron chi connectivity index (χ1n) is 13.3. The lowest BCUT2D eigenvalue weighted by Crippen LogP contribution is -2.56. The number of anilines is 1. The zero-order valence-electron chi connectivity index (χ0n) is 21.1. The molecule has 4 atom stereocenters. The number of benzene rings is 1. The number of hydrogen-bond acceptors (Lipinski definition) is 6. The molecule has 2 N–H and O–H groups in total. The molecule has 1 aromatic heterocycles. The van der Waals surface area contributed by atoms with Gasteiger partial charge in [0.05, 0.1) is 24.9 Å². The summed E-state index contributed by atoms with van der Waals surface area (Å²) in [6.07, 6.45) is 5.24. The number of pyridine rings is 1. The summed E-state index contributed by atoms with van der Waals surface area (Å²) in [6.45, 7) is 8.57. The predicted octanol–water partition coefficient (Wildman–Crippen LogP) is 4.22. The lowest BCUT2D eigenvalue weighted by molar-refractivity contribution is -0.118. The Hall–Kier alpha value is -1.77. The molecule has 1 saturated carbocycles. The highest BCUT2D eigenvalue weighted by Gasteiger charge is 2.65. The van der Waals surface area contributed by atoms with E-state index < -0.39 is 6.10 Å². The average Bonchev–Trinajstić information content (AvgIpc) is 3.26. The number of ether oxygens (including phenoxy) is 2. The molecule has 8 heteroatoms. The number of carbonyl (C=O) groups excluding carboxylic acids is 1. The van der Waals surface area contributed by atoms with E-state index in [-0.39, 0.29) is 22.8 Å². The molecule has 4 heterocycles. The van der Waals surface area contributed by atoms with Gasteiger partial charge in [-0.3, -0.25) is 9.69 Å². The van der Waals surface area contributed by atoms with Gasteiger partial charge in [0, 0.05) is 35.7 Å². The molecule has 36 heavy (non-hydrogen) atoms. The van der Waals surface area contributed by atoms with E-state index in [1.165, 1.54) is 0 Å². The van der Waals surface area contributed by atoms with E-state index in [1.807, 2.05) is 12.1 Å². The van der Waals surface area contributed by atoms with Crippen LogP contribution in [0.15, 0.2) is 24.4 Å². The third kappa shape index (κ3) is 4.04. The second-order valence-electron chi connectivity index (χ2n) is 11.5. The van der Waals surface area contributed by atoms with Gasteiger partial charge in [-0.2, -0.15) is 0 Å². The normalized spacial score (nSPS) is 32.7. The molecule has 0 radical (unpaired) electrons. The number of aromatic nitrogens is 1. The SMILES string of the molecule is C[C@@H]1[C@H](C(=O)Nc2cc3cc(C4CCN([C@]5(C)COC[C@@H]5O)CC4)c(Cl)cc3cn2)C12CCOCC2. The number of piperidine rings is 1. The molecule has 3 aliphatic heterocycles. The van der Waals surface area contributed by atoms with Gasteiger partial charge in [-0.15, -0.1) is 0 Å². The lowest BCUT2D eigenvalue weighted by Gasteiger charge is -2.43. The standard InChI is InChI=1S/C28H36ClN3O4/c1-17-25(28(17)5-9-35-10-6-28)26(34)31-24-13-19-11-21(22(29)12-20(19)14-30-24)18-3-7-32(8-4-18)27(2)16-36-15-23(27)33/h11-14,17-18,23,25,33H,3-10,15-16H2,1-2H3,(H,30,31,34)/t17-,23+,25-,27-/m1/s1. The maximum absolute atomic E-state index is 13.1. The Morgan fingerprint density at radius 1 is 1.17 bits per heavy atom. The number of halogens is 1. The van der Waals surface area contributed by atoms with Crippen molar-refractivity contribution in [3.63, 3.8) is 0 Å². The third-order valence-electron chi connectivity index (χ3n) is 9.76. The van der Waals surface area contributed by atoms with Crippen LogP contribution in [0.1, 0.15) is 51.0 Å². The van der Waals surface area contributed by atoms with Crippen molar-refractivity contribution < 1.29 is 19.4 Å². The van der Waals surface area contributed by atoms with E-state index >= 15 is 0 Å². The van der Waals surface area contributed by atoms with Crippen LogP contribution < -0.4 is 5.32 Å². The van der Waals surface area contributed by atoms with Crippen LogP contribution in [0.5, 0.6) is 0 Å². The number of carbonyl (C=O) groups is 1. The van der Waals surface area contributed by atoms with Crippen LogP contribution in [0.3, 0.4) is 0 Å². The number of aliphatic hydroxyl groups excluding tert-OH is 1. The van der Waals surface area contributed by atoms with Gasteiger partial charge in [0.2, 0.25) is 5.91 Å². The summed E-state index contributed by atoms with van der Waals surface area (Å²) in [5.41, 5.74) is 0.948. The molecular weight excluding hydrogens is 478 g/mol. The van der Waals surface area contributed by atoms with Crippen molar-refractivity contribution in [2.75, 3.05) is 44.8 Å². The molecule has 3 saturated heterocycles. The monoisotopic (exact) mass is 513 g/mol. The van der Waals surface area contributed by atoms with Crippen molar-refractivity contribution >= 4 is 34.1 Å². The summed E-state index contributed by atoms with van der Waals surface area (Å²) in [4.78, 5) is 20.0. The van der Waals surface area contributed by atoms with Crippen LogP contribution in [0.2, 0.25) is 5.02 Å². The molecule has 1 aliphatic carbocycles. The van der Waals surface area contributed by atoms with Crippen LogP contribution >= 0.6 is 11.6 Å². The van der Waals surface area contributed by atoms with Gasteiger partial charge in [-0.05, 0) is 92.1 Å². The lowest BCUT2D eigenvalue weighted by atomic mass is 9.85. The Bertz CT molecular complexity index is 1160. The van der Waals surface area contributed by atoms with E-state index in [0.29, 0.717) is 30.9 Å². The van der Waals surface area contributed by atoms with Crippen LogP contribution in [0.25, 0.3) is 10.8 Å². The Balaban J connectivity index is 1.16. The number of amides is 1. The van der Waals surface area contributed by atoms with Gasteiger partial charge >= 0.3 is 0 Å². The Morgan fingerprint density at radius 2 is 1.92 bits per heavy atom. The summed E-state index contributed by atoms with van der Waals surface area (Å²) in [5, 5.41) is 16.3. The number of rotatable bonds is 4. The fourth-order valence-electron chi connectivity index (χ4n) is 7.13. The summed E-state index contributed by atoms with van der Waals surface area (Å²) >= 11 is 6.74. The molecular formula is C28H36ClN3O4. The van der Waals surface area contributed by atoms with Gasteiger partial charge in [0.25, 0.3) is 0 Å². The topological polar surface area (TPSA) is 83.9 Å². The number of nitrogens with zero attached hydrogens (tertiary/aromatic N) is 2. The van der Waals surface area contributed by atoms with Gasteiger partial charge in [0.1, 0.15) is 5.82 Å². The van der Waals surface area contributed by atoms with Gasteiger partial charge in [0.15, 0.2) is 0 Å².